The number of likely N-dealkylation sites (N-methyl/N-ethyl adjacent to an activating group) is 1. The van der Waals surface area contributed by atoms with Crippen molar-refractivity contribution in [1.29, 1.82) is 0 Å². The van der Waals surface area contributed by atoms with Crippen LogP contribution in [0.1, 0.15) is 36.8 Å². The van der Waals surface area contributed by atoms with Gasteiger partial charge in [-0.15, -0.1) is 0 Å². The molecule has 1 fully saturated rings. The van der Waals surface area contributed by atoms with E-state index >= 15 is 0 Å². The van der Waals surface area contributed by atoms with E-state index in [-0.39, 0.29) is 17.8 Å². The van der Waals surface area contributed by atoms with Crippen molar-refractivity contribution in [3.63, 3.8) is 0 Å². The highest BCUT2D eigenvalue weighted by molar-refractivity contribution is 6.24. The van der Waals surface area contributed by atoms with E-state index in [4.69, 9.17) is 10.2 Å². The monoisotopic (exact) mass is 553 g/mol. The van der Waals surface area contributed by atoms with Gasteiger partial charge in [-0.05, 0) is 57.5 Å². The number of primary amides is 1. The summed E-state index contributed by atoms with van der Waals surface area (Å²) in [6.45, 7) is 3.19. The lowest BCUT2D eigenvalue weighted by atomic mass is 9.57. The summed E-state index contributed by atoms with van der Waals surface area (Å²) >= 11 is 0. The van der Waals surface area contributed by atoms with Crippen molar-refractivity contribution < 1.29 is 34.1 Å². The molecule has 12 heteroatoms. The molecule has 1 saturated carbocycles. The third-order valence-corrected chi connectivity index (χ3v) is 8.31. The number of ketones is 2. The molecule has 40 heavy (non-hydrogen) atoms. The molecule has 214 valence electrons. The Morgan fingerprint density at radius 2 is 1.95 bits per heavy atom. The Kier molecular flexibility index (Phi) is 6.76. The number of carbonyl (C=O) groups is 3. The lowest BCUT2D eigenvalue weighted by Gasteiger charge is -2.50. The molecule has 1 amide bonds. The van der Waals surface area contributed by atoms with Gasteiger partial charge in [0.2, 0.25) is 11.7 Å². The number of hydrogen-bond acceptors (Lipinski definition) is 11. The Hall–Kier alpha value is -3.74. The number of nitrogens with one attached hydrogen (secondary N) is 1. The summed E-state index contributed by atoms with van der Waals surface area (Å²) in [7, 11) is 6.90. The van der Waals surface area contributed by atoms with Gasteiger partial charge in [-0.2, -0.15) is 0 Å². The van der Waals surface area contributed by atoms with Gasteiger partial charge in [0, 0.05) is 31.3 Å². The number of aromatic nitrogens is 1. The predicted octanol–water partition coefficient (Wildman–Crippen LogP) is 0.965. The molecule has 6 N–H and O–H groups in total. The zero-order valence-corrected chi connectivity index (χ0v) is 23.2. The number of amides is 1. The average Bonchev–Trinajstić information content (AvgIpc) is 3.28. The molecule has 4 atom stereocenters. The van der Waals surface area contributed by atoms with E-state index in [0.717, 1.165) is 24.2 Å². The van der Waals surface area contributed by atoms with Crippen LogP contribution in [-0.4, -0.2) is 89.1 Å². The summed E-state index contributed by atoms with van der Waals surface area (Å²) in [5.41, 5.74) is 4.51. The fourth-order valence-electron chi connectivity index (χ4n) is 6.57. The summed E-state index contributed by atoms with van der Waals surface area (Å²) in [6, 6.07) is 0.779. The zero-order chi connectivity index (χ0) is 29.3. The third-order valence-electron chi connectivity index (χ3n) is 8.31. The Bertz CT molecular complexity index is 1500. The number of oxazole rings is 1. The van der Waals surface area contributed by atoms with Crippen molar-refractivity contribution in [2.24, 2.45) is 17.6 Å². The second kappa shape index (κ2) is 9.72. The molecular formula is C28H35N5O7. The molecular weight excluding hydrogens is 518 g/mol. The van der Waals surface area contributed by atoms with Crippen LogP contribution in [0.4, 0.5) is 5.69 Å². The highest BCUT2D eigenvalue weighted by Crippen LogP contribution is 2.53. The van der Waals surface area contributed by atoms with E-state index < -0.39 is 52.3 Å². The van der Waals surface area contributed by atoms with Crippen LogP contribution in [0.2, 0.25) is 0 Å². The number of Topliss-reactive ketones (excluding diaryl/α,β-unsaturated/α-hetero) is 2. The lowest BCUT2D eigenvalue weighted by Crippen LogP contribution is -2.65. The first kappa shape index (κ1) is 27.8. The van der Waals surface area contributed by atoms with Crippen molar-refractivity contribution in [3.05, 3.63) is 40.0 Å². The molecule has 0 aliphatic heterocycles. The summed E-state index contributed by atoms with van der Waals surface area (Å²) in [5, 5.41) is 37.8. The molecule has 3 aliphatic carbocycles. The van der Waals surface area contributed by atoms with Gasteiger partial charge in [0.05, 0.1) is 18.2 Å². The number of hydrogen-bond donors (Lipinski definition) is 5. The number of benzene rings is 1. The average molecular weight is 554 g/mol. The van der Waals surface area contributed by atoms with Crippen molar-refractivity contribution in [2.45, 2.75) is 44.4 Å². The molecule has 0 radical (unpaired) electrons. The van der Waals surface area contributed by atoms with Gasteiger partial charge in [-0.1, -0.05) is 6.92 Å². The van der Waals surface area contributed by atoms with Crippen LogP contribution in [0.5, 0.6) is 0 Å². The number of aliphatic hydroxyl groups is 3. The highest BCUT2D eigenvalue weighted by Gasteiger charge is 2.64. The van der Waals surface area contributed by atoms with Crippen molar-refractivity contribution in [2.75, 3.05) is 39.6 Å². The first-order chi connectivity index (χ1) is 18.8. The Morgan fingerprint density at radius 1 is 1.25 bits per heavy atom. The predicted molar refractivity (Wildman–Crippen MR) is 146 cm³/mol. The molecule has 0 spiro atoms. The van der Waals surface area contributed by atoms with E-state index in [1.54, 1.807) is 14.1 Å². The molecule has 1 heterocycles. The molecule has 0 bridgehead atoms. The lowest BCUT2D eigenvalue weighted by molar-refractivity contribution is -0.153. The second-order valence-electron chi connectivity index (χ2n) is 11.2. The van der Waals surface area contributed by atoms with Gasteiger partial charge in [-0.3, -0.25) is 19.3 Å². The van der Waals surface area contributed by atoms with Crippen LogP contribution in [0.3, 0.4) is 0 Å². The molecule has 3 aliphatic rings. The number of fused-ring (bicyclic) bond motifs is 5. The summed E-state index contributed by atoms with van der Waals surface area (Å²) in [5.74, 6) is -5.67. The number of anilines is 1. The standard InChI is InChI=1S/C28H35N5O7/c1-6-7-30-11-17-31-15-10-16(32(2)3)13-8-12-9-14-21(33(4)5)23(35)20(27(29)38)26(37)28(14,39)25(36)18(12)22(34)19(13)24(15)40-17/h10,12,14,21,30,34,37,39H,6-9,11H2,1-5H3,(H2,29,38)/t12?,14?,21-,28-/m0/s1. The van der Waals surface area contributed by atoms with Crippen molar-refractivity contribution in [3.8, 4) is 0 Å². The van der Waals surface area contributed by atoms with E-state index in [0.29, 0.717) is 35.5 Å². The SMILES string of the molecule is CCCNCc1nc2cc(N(C)C)c3c(c2o1)C(O)=C1C(=O)[C@]2(O)C(O)=C(C(N)=O)C(=O)[C@@H](N(C)C)C2CC1C3. The van der Waals surface area contributed by atoms with Gasteiger partial charge in [-0.25, -0.2) is 4.98 Å². The maximum atomic E-state index is 14.1. The van der Waals surface area contributed by atoms with Crippen LogP contribution >= 0.6 is 0 Å². The fraction of sp³-hybridized carbons (Fsp3) is 0.500. The quantitative estimate of drug-likeness (QED) is 0.243. The number of rotatable bonds is 7. The van der Waals surface area contributed by atoms with Crippen LogP contribution in [0.25, 0.3) is 16.9 Å². The number of aliphatic hydroxyl groups excluding tert-OH is 2. The first-order valence-electron chi connectivity index (χ1n) is 13.3. The normalized spacial score (nSPS) is 26.3. The van der Waals surface area contributed by atoms with E-state index in [1.165, 1.54) is 4.90 Å². The summed E-state index contributed by atoms with van der Waals surface area (Å²) < 4.78 is 6.07. The van der Waals surface area contributed by atoms with Gasteiger partial charge >= 0.3 is 0 Å². The molecule has 0 saturated heterocycles. The summed E-state index contributed by atoms with van der Waals surface area (Å²) in [4.78, 5) is 47.5. The second-order valence-corrected chi connectivity index (χ2v) is 11.2. The number of nitrogens with zero attached hydrogens (tertiary/aromatic N) is 3. The maximum absolute atomic E-state index is 14.1. The summed E-state index contributed by atoms with van der Waals surface area (Å²) in [6.07, 6.45) is 1.32. The zero-order valence-electron chi connectivity index (χ0n) is 23.2. The van der Waals surface area contributed by atoms with Gasteiger partial charge in [0.25, 0.3) is 5.91 Å². The van der Waals surface area contributed by atoms with Crippen molar-refractivity contribution >= 4 is 40.0 Å². The Labute approximate surface area is 231 Å². The molecule has 5 rings (SSSR count). The van der Waals surface area contributed by atoms with E-state index in [1.807, 2.05) is 32.0 Å². The molecule has 2 unspecified atom stereocenters. The Balaban J connectivity index is 1.73. The topological polar surface area (TPSA) is 182 Å². The minimum absolute atomic E-state index is 0.0826. The van der Waals surface area contributed by atoms with Gasteiger partial charge in [0.15, 0.2) is 17.0 Å². The van der Waals surface area contributed by atoms with Crippen molar-refractivity contribution in [1.82, 2.24) is 15.2 Å². The fourth-order valence-corrected chi connectivity index (χ4v) is 6.57. The number of nitrogens with two attached hydrogens (primary N) is 1. The van der Waals surface area contributed by atoms with Crippen LogP contribution in [0.15, 0.2) is 27.4 Å². The van der Waals surface area contributed by atoms with Gasteiger partial charge in [0.1, 0.15) is 22.6 Å². The van der Waals surface area contributed by atoms with Crippen LogP contribution in [-0.2, 0) is 27.3 Å². The van der Waals surface area contributed by atoms with Crippen LogP contribution in [0, 0.1) is 11.8 Å². The largest absolute Gasteiger partial charge is 0.508 e. The minimum atomic E-state index is -2.63. The molecule has 1 aromatic heterocycles. The Morgan fingerprint density at radius 3 is 2.55 bits per heavy atom. The minimum Gasteiger partial charge on any atom is -0.508 e. The van der Waals surface area contributed by atoms with E-state index in [9.17, 15) is 29.7 Å². The molecule has 12 nitrogen and oxygen atoms in total. The van der Waals surface area contributed by atoms with E-state index in [2.05, 4.69) is 10.3 Å². The smallest absolute Gasteiger partial charge is 0.255 e. The van der Waals surface area contributed by atoms with Gasteiger partial charge < -0.3 is 35.7 Å². The molecule has 2 aromatic rings. The molecule has 1 aromatic carbocycles. The highest BCUT2D eigenvalue weighted by atomic mass is 16.4. The third kappa shape index (κ3) is 3.85. The maximum Gasteiger partial charge on any atom is 0.255 e. The first-order valence-corrected chi connectivity index (χ1v) is 13.3. The van der Waals surface area contributed by atoms with Crippen LogP contribution < -0.4 is 16.0 Å². The number of carbonyl (C=O) groups excluding carboxylic acids is 3.